The Labute approximate surface area is 148 Å². The molecular weight excluding hydrogens is 382 g/mol. The van der Waals surface area contributed by atoms with Gasteiger partial charge >= 0.3 is 12.4 Å². The third kappa shape index (κ3) is 3.76. The molecule has 1 atom stereocenters. The summed E-state index contributed by atoms with van der Waals surface area (Å²) in [5.41, 5.74) is 0.767. The predicted octanol–water partition coefficient (Wildman–Crippen LogP) is 2.34. The first-order valence-electron chi connectivity index (χ1n) is 7.77. The molecule has 0 bridgehead atoms. The van der Waals surface area contributed by atoms with E-state index in [2.05, 4.69) is 20.6 Å². The molecule has 0 aliphatic carbocycles. The molecule has 1 saturated heterocycles. The Morgan fingerprint density at radius 2 is 1.78 bits per heavy atom. The van der Waals surface area contributed by atoms with E-state index in [9.17, 15) is 31.1 Å². The van der Waals surface area contributed by atoms with E-state index in [4.69, 9.17) is 0 Å². The second kappa shape index (κ2) is 6.23. The van der Waals surface area contributed by atoms with E-state index < -0.39 is 36.7 Å². The molecule has 1 aliphatic heterocycles. The van der Waals surface area contributed by atoms with E-state index in [0.29, 0.717) is 20.5 Å². The van der Waals surface area contributed by atoms with Crippen molar-refractivity contribution in [3.63, 3.8) is 0 Å². The van der Waals surface area contributed by atoms with E-state index >= 15 is 0 Å². The summed E-state index contributed by atoms with van der Waals surface area (Å²) >= 11 is 0. The lowest BCUT2D eigenvalue weighted by atomic mass is 10.1. The second-order valence-electron chi connectivity index (χ2n) is 6.29. The molecule has 3 rings (SSSR count). The smallest absolute Gasteiger partial charge is 0.363 e. The first-order chi connectivity index (χ1) is 12.4. The van der Waals surface area contributed by atoms with Crippen LogP contribution in [0.5, 0.6) is 0 Å². The summed E-state index contributed by atoms with van der Waals surface area (Å²) in [7, 11) is 0. The molecule has 0 saturated carbocycles. The topological polar surface area (TPSA) is 75.4 Å². The molecule has 0 aromatic carbocycles. The average molecular weight is 396 g/mol. The number of halogens is 6. The van der Waals surface area contributed by atoms with Crippen molar-refractivity contribution in [2.45, 2.75) is 38.7 Å². The monoisotopic (exact) mass is 396 g/mol. The van der Waals surface area contributed by atoms with Gasteiger partial charge in [0, 0.05) is 18.5 Å². The van der Waals surface area contributed by atoms with Crippen LogP contribution in [-0.4, -0.2) is 55.9 Å². The van der Waals surface area contributed by atoms with Gasteiger partial charge in [0.1, 0.15) is 6.54 Å². The minimum absolute atomic E-state index is 0.0250. The van der Waals surface area contributed by atoms with Crippen molar-refractivity contribution in [3.8, 4) is 0 Å². The maximum Gasteiger partial charge on any atom is 0.453 e. The number of carbonyl (C=O) groups excluding carboxylic acids is 1. The Morgan fingerprint density at radius 3 is 2.37 bits per heavy atom. The molecule has 7 nitrogen and oxygen atoms in total. The van der Waals surface area contributed by atoms with Gasteiger partial charge in [0.15, 0.2) is 11.5 Å². The van der Waals surface area contributed by atoms with Crippen LogP contribution in [0.15, 0.2) is 0 Å². The van der Waals surface area contributed by atoms with Crippen LogP contribution < -0.4 is 5.32 Å². The fraction of sp³-hybridized carbons (Fsp3) is 0.571. The number of aryl methyl sites for hydroxylation is 1. The molecule has 2 aromatic heterocycles. The van der Waals surface area contributed by atoms with Crippen molar-refractivity contribution in [1.29, 1.82) is 0 Å². The molecule has 2 aromatic rings. The standard InChI is InChI=1S/C14H14F6N6O/c1-6-7(2)11-22-23-12(14(18,19)20)26(11)24-10(6)21-8-3-9(27)25(4-8)5-13(15,16)17/h8H,3-5H2,1-2H3,(H,21,24). The third-order valence-corrected chi connectivity index (χ3v) is 4.27. The number of nitrogens with zero attached hydrogens (tertiary/aromatic N) is 5. The molecule has 1 amide bonds. The summed E-state index contributed by atoms with van der Waals surface area (Å²) in [5, 5.41) is 13.2. The molecule has 27 heavy (non-hydrogen) atoms. The van der Waals surface area contributed by atoms with Gasteiger partial charge in [-0.1, -0.05) is 0 Å². The number of hydrogen-bond donors (Lipinski definition) is 1. The van der Waals surface area contributed by atoms with Crippen molar-refractivity contribution < 1.29 is 31.1 Å². The zero-order chi connectivity index (χ0) is 20.1. The summed E-state index contributed by atoms with van der Waals surface area (Å²) < 4.78 is 77.1. The highest BCUT2D eigenvalue weighted by Gasteiger charge is 2.40. The minimum Gasteiger partial charge on any atom is -0.363 e. The fourth-order valence-electron chi connectivity index (χ4n) is 2.87. The van der Waals surface area contributed by atoms with Gasteiger partial charge in [-0.3, -0.25) is 4.79 Å². The van der Waals surface area contributed by atoms with E-state index in [1.54, 1.807) is 6.92 Å². The van der Waals surface area contributed by atoms with Crippen molar-refractivity contribution in [3.05, 3.63) is 17.0 Å². The van der Waals surface area contributed by atoms with Crippen LogP contribution in [0.1, 0.15) is 23.4 Å². The molecule has 0 spiro atoms. The summed E-state index contributed by atoms with van der Waals surface area (Å²) in [5.74, 6) is -1.98. The van der Waals surface area contributed by atoms with Crippen LogP contribution in [0.4, 0.5) is 32.2 Å². The zero-order valence-electron chi connectivity index (χ0n) is 14.1. The van der Waals surface area contributed by atoms with Gasteiger partial charge in [0.05, 0.1) is 6.04 Å². The van der Waals surface area contributed by atoms with Gasteiger partial charge in [-0.15, -0.1) is 15.3 Å². The van der Waals surface area contributed by atoms with Crippen LogP contribution in [0.25, 0.3) is 5.65 Å². The van der Waals surface area contributed by atoms with E-state index in [0.717, 1.165) is 0 Å². The van der Waals surface area contributed by atoms with Crippen molar-refractivity contribution in [2.24, 2.45) is 0 Å². The fourth-order valence-corrected chi connectivity index (χ4v) is 2.87. The number of rotatable bonds is 3. The quantitative estimate of drug-likeness (QED) is 0.807. The van der Waals surface area contributed by atoms with Crippen LogP contribution in [-0.2, 0) is 11.0 Å². The van der Waals surface area contributed by atoms with Crippen molar-refractivity contribution >= 4 is 17.4 Å². The molecule has 1 N–H and O–H groups in total. The molecule has 148 valence electrons. The molecular formula is C14H14F6N6O. The second-order valence-corrected chi connectivity index (χ2v) is 6.29. The summed E-state index contributed by atoms with van der Waals surface area (Å²) in [6, 6.07) is -0.714. The van der Waals surface area contributed by atoms with Crippen LogP contribution in [0.2, 0.25) is 0 Å². The number of anilines is 1. The van der Waals surface area contributed by atoms with Gasteiger partial charge in [-0.05, 0) is 19.4 Å². The third-order valence-electron chi connectivity index (χ3n) is 4.27. The Kier molecular flexibility index (Phi) is 4.43. The van der Waals surface area contributed by atoms with Crippen molar-refractivity contribution in [2.75, 3.05) is 18.4 Å². The predicted molar refractivity (Wildman–Crippen MR) is 79.9 cm³/mol. The normalized spacial score (nSPS) is 18.6. The number of alkyl halides is 6. The minimum atomic E-state index is -4.78. The number of hydrogen-bond acceptors (Lipinski definition) is 5. The van der Waals surface area contributed by atoms with Gasteiger partial charge in [-0.2, -0.15) is 30.9 Å². The molecule has 1 aliphatic rings. The van der Waals surface area contributed by atoms with Crippen LogP contribution in [0, 0.1) is 13.8 Å². The highest BCUT2D eigenvalue weighted by atomic mass is 19.4. The largest absolute Gasteiger partial charge is 0.453 e. The Bertz CT molecular complexity index is 889. The molecule has 13 heteroatoms. The van der Waals surface area contributed by atoms with Crippen LogP contribution >= 0.6 is 0 Å². The number of likely N-dealkylation sites (tertiary alicyclic amines) is 1. The number of fused-ring (bicyclic) bond motifs is 1. The average Bonchev–Trinajstić information content (AvgIpc) is 3.07. The number of amides is 1. The molecule has 0 radical (unpaired) electrons. The lowest BCUT2D eigenvalue weighted by molar-refractivity contribution is -0.157. The number of nitrogens with one attached hydrogen (secondary N) is 1. The Hall–Kier alpha value is -2.60. The van der Waals surface area contributed by atoms with Gasteiger partial charge in [0.2, 0.25) is 5.91 Å². The van der Waals surface area contributed by atoms with Gasteiger partial charge < -0.3 is 10.2 Å². The Morgan fingerprint density at radius 1 is 1.11 bits per heavy atom. The molecule has 1 fully saturated rings. The SMILES string of the molecule is Cc1c(NC2CC(=O)N(CC(F)(F)F)C2)nn2c(C(F)(F)F)nnc2c1C. The van der Waals surface area contributed by atoms with Crippen LogP contribution in [0.3, 0.4) is 0 Å². The van der Waals surface area contributed by atoms with Crippen molar-refractivity contribution in [1.82, 2.24) is 24.7 Å². The highest BCUT2D eigenvalue weighted by molar-refractivity contribution is 5.80. The van der Waals surface area contributed by atoms with E-state index in [1.165, 1.54) is 6.92 Å². The Balaban J connectivity index is 1.89. The first-order valence-corrected chi connectivity index (χ1v) is 7.77. The number of carbonyl (C=O) groups is 1. The number of aromatic nitrogens is 4. The van der Waals surface area contributed by atoms with E-state index in [-0.39, 0.29) is 24.4 Å². The van der Waals surface area contributed by atoms with Gasteiger partial charge in [0.25, 0.3) is 5.82 Å². The summed E-state index contributed by atoms with van der Waals surface area (Å²) in [6.45, 7) is 1.50. The first kappa shape index (κ1) is 19.2. The molecule has 3 heterocycles. The summed E-state index contributed by atoms with van der Waals surface area (Å²) in [6.07, 6.45) is -9.53. The maximum atomic E-state index is 13.0. The summed E-state index contributed by atoms with van der Waals surface area (Å²) in [4.78, 5) is 12.4. The molecule has 1 unspecified atom stereocenters. The lowest BCUT2D eigenvalue weighted by Crippen LogP contribution is -2.36. The zero-order valence-corrected chi connectivity index (χ0v) is 14.1. The maximum absolute atomic E-state index is 13.0. The highest BCUT2D eigenvalue weighted by Crippen LogP contribution is 2.30. The van der Waals surface area contributed by atoms with Gasteiger partial charge in [-0.25, -0.2) is 0 Å². The lowest BCUT2D eigenvalue weighted by Gasteiger charge is -2.19. The van der Waals surface area contributed by atoms with E-state index in [1.807, 2.05) is 0 Å².